The molecule has 0 aliphatic carbocycles. The van der Waals surface area contributed by atoms with Gasteiger partial charge in [0.05, 0.1) is 24.6 Å². The van der Waals surface area contributed by atoms with Crippen LogP contribution in [0.3, 0.4) is 0 Å². The molecule has 2 aliphatic rings. The van der Waals surface area contributed by atoms with Crippen molar-refractivity contribution in [1.29, 1.82) is 0 Å². The zero-order chi connectivity index (χ0) is 39.6. The van der Waals surface area contributed by atoms with Crippen LogP contribution in [0.2, 0.25) is 0 Å². The van der Waals surface area contributed by atoms with E-state index in [0.29, 0.717) is 11.4 Å². The van der Waals surface area contributed by atoms with E-state index in [4.69, 9.17) is 9.47 Å². The lowest BCUT2D eigenvalue weighted by atomic mass is 9.89. The van der Waals surface area contributed by atoms with E-state index in [9.17, 15) is 40.7 Å². The number of carbonyl (C=O) groups is 3. The Morgan fingerprint density at radius 1 is 1.02 bits per heavy atom. The molecule has 1 N–H and O–H groups in total. The molecule has 0 radical (unpaired) electrons. The number of aromatic nitrogens is 1. The van der Waals surface area contributed by atoms with Crippen LogP contribution in [0.4, 0.5) is 36.8 Å². The third-order valence-electron chi connectivity index (χ3n) is 9.36. The number of halogens is 6. The highest BCUT2D eigenvalue weighted by atomic mass is 19.4. The van der Waals surface area contributed by atoms with Crippen LogP contribution in [0.5, 0.6) is 5.75 Å². The topological polar surface area (TPSA) is 104 Å². The number of hydrogen-bond donors (Lipinski definition) is 1. The molecule has 1 aromatic heterocycles. The SMILES string of the molecule is CC=Cc1cc(C(OCc2ccccc2)(C(F)(F)F)C(F)(F)F)ccc1N1CCN(C(=O)CN2C(=O)NC(C)(c3ccc(OC(C)C)cn3)C2=O)CC1C. The summed E-state index contributed by atoms with van der Waals surface area (Å²) in [4.78, 5) is 48.2. The lowest BCUT2D eigenvalue weighted by molar-refractivity contribution is -0.392. The van der Waals surface area contributed by atoms with Crippen molar-refractivity contribution in [2.75, 3.05) is 31.1 Å². The van der Waals surface area contributed by atoms with Crippen molar-refractivity contribution >= 4 is 29.6 Å². The van der Waals surface area contributed by atoms with Gasteiger partial charge in [-0.3, -0.25) is 19.5 Å². The van der Waals surface area contributed by atoms with Gasteiger partial charge in [0, 0.05) is 36.9 Å². The number of imide groups is 1. The fourth-order valence-electron chi connectivity index (χ4n) is 6.66. The van der Waals surface area contributed by atoms with Gasteiger partial charge in [0.15, 0.2) is 5.54 Å². The highest BCUT2D eigenvalue weighted by Crippen LogP contribution is 2.54. The Morgan fingerprint density at radius 3 is 2.28 bits per heavy atom. The van der Waals surface area contributed by atoms with Gasteiger partial charge in [-0.25, -0.2) is 4.79 Å². The first kappa shape index (κ1) is 40.1. The molecular formula is C38H41F6N5O5. The highest BCUT2D eigenvalue weighted by Gasteiger charge is 2.73. The number of allylic oxidation sites excluding steroid dienone is 1. The Hall–Kier alpha value is -5.12. The molecule has 10 nitrogen and oxygen atoms in total. The zero-order valence-electron chi connectivity index (χ0n) is 30.3. The summed E-state index contributed by atoms with van der Waals surface area (Å²) in [5, 5.41) is 2.62. The van der Waals surface area contributed by atoms with E-state index in [1.165, 1.54) is 60.5 Å². The van der Waals surface area contributed by atoms with Gasteiger partial charge in [0.25, 0.3) is 11.5 Å². The van der Waals surface area contributed by atoms with Crippen molar-refractivity contribution in [1.82, 2.24) is 20.1 Å². The van der Waals surface area contributed by atoms with Crippen LogP contribution < -0.4 is 15.0 Å². The predicted octanol–water partition coefficient (Wildman–Crippen LogP) is 6.94. The number of alkyl halides is 6. The van der Waals surface area contributed by atoms with E-state index >= 15 is 0 Å². The molecule has 2 aliphatic heterocycles. The molecule has 2 fully saturated rings. The third kappa shape index (κ3) is 7.74. The first-order valence-corrected chi connectivity index (χ1v) is 17.2. The van der Waals surface area contributed by atoms with E-state index in [2.05, 4.69) is 10.3 Å². The monoisotopic (exact) mass is 761 g/mol. The minimum atomic E-state index is -5.87. The highest BCUT2D eigenvalue weighted by molar-refractivity contribution is 6.09. The Kier molecular flexibility index (Phi) is 11.4. The summed E-state index contributed by atoms with van der Waals surface area (Å²) in [6, 6.07) is 12.0. The Balaban J connectivity index is 1.33. The molecular weight excluding hydrogens is 720 g/mol. The molecule has 5 rings (SSSR count). The first-order valence-electron chi connectivity index (χ1n) is 17.2. The Labute approximate surface area is 308 Å². The number of ether oxygens (including phenoxy) is 2. The molecule has 4 amide bonds. The number of benzene rings is 2. The third-order valence-corrected chi connectivity index (χ3v) is 9.36. The lowest BCUT2D eigenvalue weighted by Gasteiger charge is -2.42. The number of amides is 4. The second-order valence-corrected chi connectivity index (χ2v) is 13.6. The number of nitrogens with one attached hydrogen (secondary N) is 1. The number of urea groups is 1. The predicted molar refractivity (Wildman–Crippen MR) is 187 cm³/mol. The van der Waals surface area contributed by atoms with Crippen molar-refractivity contribution in [3.8, 4) is 5.75 Å². The summed E-state index contributed by atoms with van der Waals surface area (Å²) in [5.41, 5.74) is -6.48. The summed E-state index contributed by atoms with van der Waals surface area (Å²) in [6.07, 6.45) is -7.50. The second kappa shape index (κ2) is 15.3. The maximum atomic E-state index is 14.6. The minimum absolute atomic E-state index is 0.0823. The molecule has 3 aromatic rings. The largest absolute Gasteiger partial charge is 0.489 e. The van der Waals surface area contributed by atoms with Gasteiger partial charge >= 0.3 is 18.4 Å². The standard InChI is InChI=1S/C38H41F6N5O5/c1-6-10-27-19-28(36(37(39,40)41,38(42,43)44)53-23-26-11-8-7-9-12-26)13-15-30(27)48-18-17-47(21-25(48)4)32(50)22-49-33(51)35(5,46-34(49)52)31-16-14-29(20-45-31)54-24(2)3/h6-16,19-20,24-25H,17-18,21-23H2,1-5H3,(H,46,52). The summed E-state index contributed by atoms with van der Waals surface area (Å²) >= 11 is 0. The quantitative estimate of drug-likeness (QED) is 0.167. The molecule has 2 atom stereocenters. The van der Waals surface area contributed by atoms with Gasteiger partial charge in [-0.2, -0.15) is 26.3 Å². The Morgan fingerprint density at radius 2 is 1.70 bits per heavy atom. The number of anilines is 1. The van der Waals surface area contributed by atoms with E-state index < -0.39 is 66.1 Å². The first-order chi connectivity index (χ1) is 25.3. The zero-order valence-corrected chi connectivity index (χ0v) is 30.3. The van der Waals surface area contributed by atoms with Gasteiger partial charge < -0.3 is 24.6 Å². The number of nitrogens with zero attached hydrogens (tertiary/aromatic N) is 4. The van der Waals surface area contributed by atoms with Crippen molar-refractivity contribution in [2.45, 2.75) is 76.9 Å². The van der Waals surface area contributed by atoms with Crippen LogP contribution in [0.1, 0.15) is 57.0 Å². The number of piperazine rings is 1. The maximum absolute atomic E-state index is 14.6. The van der Waals surface area contributed by atoms with Gasteiger partial charge in [-0.05, 0) is 70.0 Å². The summed E-state index contributed by atoms with van der Waals surface area (Å²) < 4.78 is 98.2. The molecule has 2 aromatic carbocycles. The molecule has 16 heteroatoms. The van der Waals surface area contributed by atoms with Crippen molar-refractivity contribution in [3.05, 3.63) is 95.3 Å². The fourth-order valence-corrected chi connectivity index (χ4v) is 6.66. The molecule has 0 saturated carbocycles. The smallest absolute Gasteiger partial charge is 0.430 e. The summed E-state index contributed by atoms with van der Waals surface area (Å²) in [6.45, 7) is 7.33. The molecule has 290 valence electrons. The lowest BCUT2D eigenvalue weighted by Crippen LogP contribution is -2.56. The minimum Gasteiger partial charge on any atom is -0.489 e. The maximum Gasteiger partial charge on any atom is 0.430 e. The van der Waals surface area contributed by atoms with Gasteiger partial charge in [0.2, 0.25) is 5.91 Å². The number of pyridine rings is 1. The van der Waals surface area contributed by atoms with Gasteiger partial charge in [-0.15, -0.1) is 0 Å². The summed E-state index contributed by atoms with van der Waals surface area (Å²) in [5.74, 6) is -0.718. The van der Waals surface area contributed by atoms with Crippen LogP contribution in [-0.2, 0) is 32.1 Å². The van der Waals surface area contributed by atoms with Crippen molar-refractivity contribution < 1.29 is 50.2 Å². The van der Waals surface area contributed by atoms with Gasteiger partial charge in [0.1, 0.15) is 12.3 Å². The molecule has 0 bridgehead atoms. The average Bonchev–Trinajstić information content (AvgIpc) is 3.31. The Bertz CT molecular complexity index is 1850. The van der Waals surface area contributed by atoms with Gasteiger partial charge in [-0.1, -0.05) is 48.6 Å². The molecule has 3 heterocycles. The van der Waals surface area contributed by atoms with Crippen molar-refractivity contribution in [2.24, 2.45) is 0 Å². The van der Waals surface area contributed by atoms with E-state index in [1.807, 2.05) is 13.8 Å². The second-order valence-electron chi connectivity index (χ2n) is 13.6. The number of carbonyl (C=O) groups excluding carboxylic acids is 3. The average molecular weight is 762 g/mol. The van der Waals surface area contributed by atoms with Crippen LogP contribution >= 0.6 is 0 Å². The number of rotatable bonds is 11. The van der Waals surface area contributed by atoms with Crippen LogP contribution in [0, 0.1) is 0 Å². The van der Waals surface area contributed by atoms with Crippen LogP contribution in [0.15, 0.2) is 72.9 Å². The molecule has 2 saturated heterocycles. The normalized spacial score (nSPS) is 19.9. The van der Waals surface area contributed by atoms with E-state index in [0.717, 1.165) is 17.0 Å². The summed E-state index contributed by atoms with van der Waals surface area (Å²) in [7, 11) is 0. The van der Waals surface area contributed by atoms with E-state index in [1.54, 1.807) is 36.9 Å². The van der Waals surface area contributed by atoms with Crippen molar-refractivity contribution in [3.63, 3.8) is 0 Å². The van der Waals surface area contributed by atoms with Crippen LogP contribution in [0.25, 0.3) is 6.08 Å². The molecule has 54 heavy (non-hydrogen) atoms. The van der Waals surface area contributed by atoms with Crippen LogP contribution in [-0.4, -0.2) is 83.3 Å². The molecule has 2 unspecified atom stereocenters. The number of hydrogen-bond acceptors (Lipinski definition) is 7. The fraction of sp³-hybridized carbons (Fsp3) is 0.421. The molecule has 0 spiro atoms. The van der Waals surface area contributed by atoms with E-state index in [-0.39, 0.29) is 42.6 Å².